The van der Waals surface area contributed by atoms with Crippen molar-refractivity contribution in [3.63, 3.8) is 0 Å². The molecular weight excluding hydrogens is 1820 g/mol. The molecule has 0 radical (unpaired) electrons. The molecule has 140 heavy (non-hydrogen) atoms. The van der Waals surface area contributed by atoms with E-state index in [1.165, 1.54) is 65.2 Å². The Kier molecular flexibility index (Phi) is 25.5. The lowest BCUT2D eigenvalue weighted by Crippen LogP contribution is -2.51. The number of anilines is 8. The molecule has 2 aliphatic carbocycles. The number of thiocarbonyl (C=S) groups is 1. The number of rotatable bonds is 21. The number of alkyl halides is 2. The fourth-order valence-corrected chi connectivity index (χ4v) is 19.7. The minimum atomic E-state index is -2.90. The zero-order chi connectivity index (χ0) is 97.9. The lowest BCUT2D eigenvalue weighted by molar-refractivity contribution is 0.0174. The summed E-state index contributed by atoms with van der Waals surface area (Å²) in [6.45, 7) is 15.8. The Hall–Kier alpha value is -15.5. The van der Waals surface area contributed by atoms with Crippen LogP contribution in [0.1, 0.15) is 131 Å². The highest BCUT2D eigenvalue weighted by atomic mass is 32.2. The highest BCUT2D eigenvalue weighted by Gasteiger charge is 2.51. The summed E-state index contributed by atoms with van der Waals surface area (Å²) in [5, 5.41) is 49.0. The summed E-state index contributed by atoms with van der Waals surface area (Å²) < 4.78 is 57.1. The molecule has 38 heteroatoms. The topological polar surface area (TPSA) is 331 Å². The van der Waals surface area contributed by atoms with E-state index in [1.54, 1.807) is 61.4 Å². The van der Waals surface area contributed by atoms with Crippen molar-refractivity contribution >= 4 is 115 Å². The molecule has 9 aromatic heterocycles. The summed E-state index contributed by atoms with van der Waals surface area (Å²) in [6.07, 6.45) is 14.8. The van der Waals surface area contributed by atoms with Crippen molar-refractivity contribution in [2.24, 2.45) is 34.9 Å². The van der Waals surface area contributed by atoms with Gasteiger partial charge in [0.25, 0.3) is 17.4 Å². The average Bonchev–Trinajstić information content (AvgIpc) is 1.56. The first-order chi connectivity index (χ1) is 67.3. The average molecular weight is 1920 g/mol. The van der Waals surface area contributed by atoms with Crippen molar-refractivity contribution in [1.82, 2.24) is 102 Å². The highest BCUT2D eigenvalue weighted by Crippen LogP contribution is 2.46. The van der Waals surface area contributed by atoms with Gasteiger partial charge in [-0.1, -0.05) is 187 Å². The maximum Gasteiger partial charge on any atom is 0.332 e. The number of carbonyl (C=O) groups excluding carboxylic acids is 1. The third-order valence-corrected chi connectivity index (χ3v) is 26.8. The van der Waals surface area contributed by atoms with Crippen molar-refractivity contribution < 1.29 is 18.0 Å². The van der Waals surface area contributed by atoms with Gasteiger partial charge in [-0.05, 0) is 151 Å². The third-order valence-electron chi connectivity index (χ3n) is 25.5. The predicted molar refractivity (Wildman–Crippen MR) is 541 cm³/mol. The minimum Gasteiger partial charge on any atom is -0.340 e. The molecule has 4 N–H and O–H groups in total. The van der Waals surface area contributed by atoms with Gasteiger partial charge in [0.1, 0.15) is 74.6 Å². The SMILES string of the molecule is CN1C(=O)c2c(nn(Cc3ccc(-n4cncn4)cc3)c2Nc2ccccc2)N2C1=N[C@@H]1CCC[C@@H]12.CN1C(=S)c2c(nn(Cc3ccc(-c4cccc(F)n4)cc3)c2Nc2ccccc2)N2C1=N[C@@H]1CCC[C@@H]12.CSc1c2c(=O)n(C)c(=O)n(CC(C)(C)C)c2nn1Cc1ccc(C(C)(F)F)cc1.Cn1c(=N)c2c(Nc3ccccc3)n(Cc3ccc(-n4cncn4)cc3)nc2n(CC(C)(C)C)c1=O. The van der Waals surface area contributed by atoms with Crippen LogP contribution >= 0.6 is 24.0 Å². The first kappa shape index (κ1) is 93.5. The molecule has 0 saturated heterocycles. The van der Waals surface area contributed by atoms with E-state index in [2.05, 4.69) is 76.8 Å². The van der Waals surface area contributed by atoms with Gasteiger partial charge in [-0.2, -0.15) is 35.0 Å². The Morgan fingerprint density at radius 2 is 0.907 bits per heavy atom. The van der Waals surface area contributed by atoms with E-state index >= 15 is 0 Å². The molecule has 1 amide bonds. The number of benzene rings is 7. The van der Waals surface area contributed by atoms with Gasteiger partial charge in [0.2, 0.25) is 17.9 Å². The number of carbonyl (C=O) groups is 1. The molecule has 33 nitrogen and oxygen atoms in total. The maximum atomic E-state index is 13.6. The Balaban J connectivity index is 0.000000119. The Bertz CT molecular complexity index is 7640. The molecule has 0 unspecified atom stereocenters. The highest BCUT2D eigenvalue weighted by molar-refractivity contribution is 7.98. The zero-order valence-corrected chi connectivity index (χ0v) is 81.1. The standard InChI is InChI=1S/C29H26FN7S.C26H25N9O.C26H29N9O.C21H26F2N4O2S/c1-35-28(38)25-26(31-20-7-3-2-4-8-20)36(34-27(25)37-23-11-5-10-22(23)33-29(35)37)17-18-13-15-19(16-14-18)21-9-6-12-24(30)32-21;1-32-25(36)22-23(29-18-6-3-2-4-7-18)33(14-17-10-12-19(13-11-17)34-16-27-15-28-34)31-24(22)35-21-9-5-8-20(21)30-26(32)35;1-26(2,3)15-33-24-21(22(27)32(4)25(33)36)23(30-19-8-6-5-7-9-19)34(31-24)14-18-10-12-20(13-11-18)35-17-28-16-29-35;1-20(2,3)12-26-16-15(17(28)25(5)19(26)29)18(30-6)27(24-16)11-13-7-9-14(10-8-13)21(4,22)23/h2-4,6-9,12-16,22-23,31H,5,10-11,17H2,1H3;2-4,6-7,10-13,15-16,20-21,29H,5,8-9,14H2,1H3;5-13,16-17,27,30H,14-15H2,1-4H3;7-10H,11-12H2,1-6H3/t22-,23+;20-,21+;;/m11../s1. The molecule has 22 rings (SSSR count). The molecule has 2 fully saturated rings. The number of thioether (sulfide) groups is 1. The van der Waals surface area contributed by atoms with Gasteiger partial charge in [-0.15, -0.1) is 11.8 Å². The Labute approximate surface area is 813 Å². The third kappa shape index (κ3) is 18.8. The van der Waals surface area contributed by atoms with E-state index in [1.807, 2.05) is 230 Å². The molecule has 0 spiro atoms. The molecular formula is C102H106F3N29O4S2. The monoisotopic (exact) mass is 1920 g/mol. The smallest absolute Gasteiger partial charge is 0.332 e. The lowest BCUT2D eigenvalue weighted by atomic mass is 9.97. The number of nitrogens with one attached hydrogen (secondary N) is 4. The fraction of sp³-hybridized carbons (Fsp3) is 0.304. The number of para-hydroxylation sites is 3. The number of nitrogens with zero attached hydrogens (tertiary/aromatic N) is 25. The van der Waals surface area contributed by atoms with Crippen LogP contribution in [0.5, 0.6) is 0 Å². The van der Waals surface area contributed by atoms with Gasteiger partial charge >= 0.3 is 11.4 Å². The number of halogens is 3. The maximum absolute atomic E-state index is 13.6. The summed E-state index contributed by atoms with van der Waals surface area (Å²) in [7, 11) is 6.91. The summed E-state index contributed by atoms with van der Waals surface area (Å²) in [5.74, 6) is 1.93. The molecule has 6 aliphatic rings. The van der Waals surface area contributed by atoms with Gasteiger partial charge < -0.3 is 20.9 Å². The van der Waals surface area contributed by atoms with E-state index in [0.29, 0.717) is 112 Å². The van der Waals surface area contributed by atoms with Crippen LogP contribution in [0.4, 0.5) is 59.3 Å². The first-order valence-electron chi connectivity index (χ1n) is 46.3. The second-order valence-corrected chi connectivity index (χ2v) is 39.4. The summed E-state index contributed by atoms with van der Waals surface area (Å²) in [6, 6.07) is 65.8. The summed E-state index contributed by atoms with van der Waals surface area (Å²) in [5.41, 5.74) is 11.0. The number of pyridine rings is 1. The van der Waals surface area contributed by atoms with Crippen LogP contribution < -0.4 is 48.2 Å². The van der Waals surface area contributed by atoms with Gasteiger partial charge in [0.05, 0.1) is 73.0 Å². The van der Waals surface area contributed by atoms with Crippen LogP contribution in [0.2, 0.25) is 0 Å². The number of aromatic nitrogens is 19. The van der Waals surface area contributed by atoms with Gasteiger partial charge in [-0.3, -0.25) is 52.6 Å². The number of fused-ring (bicyclic) bond motifs is 12. The van der Waals surface area contributed by atoms with Crippen LogP contribution in [-0.2, 0) is 59.3 Å². The van der Waals surface area contributed by atoms with Gasteiger partial charge in [-0.25, -0.2) is 66.7 Å². The fourth-order valence-electron chi connectivity index (χ4n) is 18.7. The van der Waals surface area contributed by atoms with E-state index in [0.717, 1.165) is 129 Å². The van der Waals surface area contributed by atoms with E-state index < -0.39 is 23.1 Å². The molecule has 16 aromatic rings. The van der Waals surface area contributed by atoms with E-state index in [-0.39, 0.29) is 45.6 Å². The second-order valence-electron chi connectivity index (χ2n) is 38.2. The van der Waals surface area contributed by atoms with Crippen LogP contribution in [-0.4, -0.2) is 169 Å². The predicted octanol–water partition coefficient (Wildman–Crippen LogP) is 16.3. The van der Waals surface area contributed by atoms with Crippen molar-refractivity contribution in [2.45, 2.75) is 161 Å². The Morgan fingerprint density at radius 1 is 0.479 bits per heavy atom. The molecule has 0 bridgehead atoms. The molecule has 4 atom stereocenters. The number of hydrogen-bond acceptors (Lipinski definition) is 23. The quantitative estimate of drug-likeness (QED) is 0.0295. The molecule has 13 heterocycles. The van der Waals surface area contributed by atoms with Gasteiger partial charge in [0, 0.05) is 76.4 Å². The zero-order valence-electron chi connectivity index (χ0n) is 79.5. The number of amides is 1. The lowest BCUT2D eigenvalue weighted by Gasteiger charge is -2.35. The van der Waals surface area contributed by atoms with Gasteiger partial charge in [0.15, 0.2) is 22.9 Å². The number of guanidine groups is 2. The largest absolute Gasteiger partial charge is 0.340 e. The summed E-state index contributed by atoms with van der Waals surface area (Å²) in [4.78, 5) is 83.4. The normalized spacial score (nSPS) is 16.3. The number of hydrogen-bond donors (Lipinski definition) is 4. The van der Waals surface area contributed by atoms with E-state index in [9.17, 15) is 32.3 Å². The number of aliphatic imine (C=N–C) groups is 2. The summed E-state index contributed by atoms with van der Waals surface area (Å²) >= 11 is 7.36. The molecule has 716 valence electrons. The van der Waals surface area contributed by atoms with Crippen LogP contribution in [0, 0.1) is 22.2 Å². The van der Waals surface area contributed by atoms with Crippen LogP contribution in [0.3, 0.4) is 0 Å². The first-order valence-corrected chi connectivity index (χ1v) is 48.0. The van der Waals surface area contributed by atoms with Crippen molar-refractivity contribution in [1.29, 1.82) is 5.41 Å². The van der Waals surface area contributed by atoms with Crippen LogP contribution in [0.15, 0.2) is 261 Å². The van der Waals surface area contributed by atoms with E-state index in [4.69, 9.17) is 42.9 Å². The van der Waals surface area contributed by atoms with Crippen molar-refractivity contribution in [3.05, 3.63) is 313 Å². The molecule has 2 saturated carbocycles. The van der Waals surface area contributed by atoms with Crippen LogP contribution in [0.25, 0.3) is 44.7 Å². The molecule has 7 aromatic carbocycles. The van der Waals surface area contributed by atoms with Crippen molar-refractivity contribution in [3.8, 4) is 22.6 Å². The molecule has 4 aliphatic heterocycles. The minimum absolute atomic E-state index is 0.0603. The Morgan fingerprint density at radius 3 is 1.37 bits per heavy atom. The second kappa shape index (κ2) is 38.1. The van der Waals surface area contributed by atoms with Crippen molar-refractivity contribution in [2.75, 3.05) is 46.1 Å².